The number of furan rings is 1. The lowest BCUT2D eigenvalue weighted by molar-refractivity contribution is -0.132. The van der Waals surface area contributed by atoms with Crippen molar-refractivity contribution in [3.8, 4) is 0 Å². The Morgan fingerprint density at radius 3 is 2.59 bits per heavy atom. The highest BCUT2D eigenvalue weighted by Gasteiger charge is 2.23. The largest absolute Gasteiger partial charge is 0.448 e. The number of hydrogen-bond acceptors (Lipinski definition) is 6. The summed E-state index contributed by atoms with van der Waals surface area (Å²) in [7, 11) is 0. The van der Waals surface area contributed by atoms with E-state index in [0.29, 0.717) is 37.3 Å². The van der Waals surface area contributed by atoms with Gasteiger partial charge in [-0.25, -0.2) is 9.97 Å². The molecule has 1 aromatic carbocycles. The highest BCUT2D eigenvalue weighted by Crippen LogP contribution is 2.24. The minimum absolute atomic E-state index is 0.0532. The van der Waals surface area contributed by atoms with Crippen LogP contribution in [0.25, 0.3) is 22.1 Å². The molecule has 0 atom stereocenters. The number of carbonyl (C=O) groups excluding carboxylic acids is 1. The van der Waals surface area contributed by atoms with Gasteiger partial charge in [0, 0.05) is 37.8 Å². The number of hydrogen-bond donors (Lipinski definition) is 0. The van der Waals surface area contributed by atoms with Crippen molar-refractivity contribution in [2.75, 3.05) is 31.1 Å². The maximum Gasteiger partial charge on any atom is 0.297 e. The molecular formula is C21H19N5O3. The fraction of sp³-hybridized carbons (Fsp3) is 0.238. The number of fused-ring (bicyclic) bond motifs is 3. The lowest BCUT2D eigenvalue weighted by Crippen LogP contribution is -2.50. The van der Waals surface area contributed by atoms with Crippen LogP contribution in [0.1, 0.15) is 0 Å². The van der Waals surface area contributed by atoms with Gasteiger partial charge in [-0.2, -0.15) is 0 Å². The van der Waals surface area contributed by atoms with E-state index in [1.165, 1.54) is 10.9 Å². The van der Waals surface area contributed by atoms with Crippen molar-refractivity contribution in [3.63, 3.8) is 0 Å². The summed E-state index contributed by atoms with van der Waals surface area (Å²) >= 11 is 0. The topological polar surface area (TPSA) is 84.5 Å². The standard InChI is InChI=1S/C21H19N5O3/c27-18(25-11-9-24(10-12-25)17-7-3-4-8-22-17)13-26-14-23-19-15-5-1-2-6-16(15)29-20(19)21(26)28/h1-8,14H,9-13H2. The van der Waals surface area contributed by atoms with Crippen molar-refractivity contribution in [3.05, 3.63) is 65.3 Å². The molecule has 1 aliphatic heterocycles. The normalized spacial score (nSPS) is 14.6. The van der Waals surface area contributed by atoms with Crippen LogP contribution in [-0.2, 0) is 11.3 Å². The van der Waals surface area contributed by atoms with Crippen LogP contribution < -0.4 is 10.5 Å². The molecule has 1 fully saturated rings. The summed E-state index contributed by atoms with van der Waals surface area (Å²) in [5.41, 5.74) is 0.980. The van der Waals surface area contributed by atoms with Crippen molar-refractivity contribution in [2.24, 2.45) is 0 Å². The number of benzene rings is 1. The number of piperazine rings is 1. The van der Waals surface area contributed by atoms with E-state index in [1.54, 1.807) is 17.2 Å². The first-order valence-corrected chi connectivity index (χ1v) is 9.51. The van der Waals surface area contributed by atoms with Gasteiger partial charge in [-0.15, -0.1) is 0 Å². The minimum atomic E-state index is -0.341. The Kier molecular flexibility index (Phi) is 4.23. The zero-order valence-corrected chi connectivity index (χ0v) is 15.7. The quantitative estimate of drug-likeness (QED) is 0.532. The van der Waals surface area contributed by atoms with E-state index in [-0.39, 0.29) is 23.6 Å². The van der Waals surface area contributed by atoms with Crippen LogP contribution in [-0.4, -0.2) is 51.5 Å². The number of anilines is 1. The zero-order valence-electron chi connectivity index (χ0n) is 15.7. The second-order valence-corrected chi connectivity index (χ2v) is 7.01. The molecule has 1 amide bonds. The van der Waals surface area contributed by atoms with Crippen molar-refractivity contribution in [1.82, 2.24) is 19.4 Å². The molecule has 0 saturated carbocycles. The molecule has 0 radical (unpaired) electrons. The van der Waals surface area contributed by atoms with E-state index >= 15 is 0 Å². The SMILES string of the molecule is O=C(Cn1cnc2c(oc3ccccc32)c1=O)N1CCN(c2ccccn2)CC1. The van der Waals surface area contributed by atoms with Gasteiger partial charge in [0.05, 0.1) is 6.33 Å². The Bertz CT molecular complexity index is 1240. The molecule has 4 heterocycles. The number of carbonyl (C=O) groups is 1. The maximum absolute atomic E-state index is 12.8. The van der Waals surface area contributed by atoms with Crippen molar-refractivity contribution >= 4 is 33.8 Å². The Balaban J connectivity index is 1.32. The Labute approximate surface area is 166 Å². The third kappa shape index (κ3) is 3.12. The van der Waals surface area contributed by atoms with Gasteiger partial charge in [-0.1, -0.05) is 18.2 Å². The summed E-state index contributed by atoms with van der Waals surface area (Å²) < 4.78 is 7.00. The molecule has 5 rings (SSSR count). The second-order valence-electron chi connectivity index (χ2n) is 7.01. The maximum atomic E-state index is 12.8. The smallest absolute Gasteiger partial charge is 0.297 e. The van der Waals surface area contributed by atoms with Crippen LogP contribution >= 0.6 is 0 Å². The third-order valence-electron chi connectivity index (χ3n) is 5.26. The summed E-state index contributed by atoms with van der Waals surface area (Å²) in [6.07, 6.45) is 3.19. The number of rotatable bonds is 3. The van der Waals surface area contributed by atoms with Crippen molar-refractivity contribution in [2.45, 2.75) is 6.54 Å². The fourth-order valence-electron chi connectivity index (χ4n) is 3.70. The van der Waals surface area contributed by atoms with Crippen LogP contribution in [0.4, 0.5) is 5.82 Å². The number of amides is 1. The molecule has 0 unspecified atom stereocenters. The molecule has 8 heteroatoms. The summed E-state index contributed by atoms with van der Waals surface area (Å²) in [5, 5.41) is 0.795. The molecule has 0 N–H and O–H groups in total. The van der Waals surface area contributed by atoms with Crippen LogP contribution in [0.3, 0.4) is 0 Å². The lowest BCUT2D eigenvalue weighted by atomic mass is 10.2. The predicted molar refractivity (Wildman–Crippen MR) is 109 cm³/mol. The van der Waals surface area contributed by atoms with Gasteiger partial charge in [0.2, 0.25) is 11.5 Å². The van der Waals surface area contributed by atoms with Gasteiger partial charge in [0.25, 0.3) is 5.56 Å². The number of pyridine rings is 1. The van der Waals surface area contributed by atoms with E-state index < -0.39 is 0 Å². The average Bonchev–Trinajstić information content (AvgIpc) is 3.16. The Morgan fingerprint density at radius 1 is 1.00 bits per heavy atom. The minimum Gasteiger partial charge on any atom is -0.448 e. The Morgan fingerprint density at radius 2 is 1.79 bits per heavy atom. The molecule has 0 bridgehead atoms. The molecule has 1 saturated heterocycles. The molecule has 3 aromatic heterocycles. The average molecular weight is 389 g/mol. The molecular weight excluding hydrogens is 370 g/mol. The van der Waals surface area contributed by atoms with E-state index in [4.69, 9.17) is 4.42 Å². The van der Waals surface area contributed by atoms with Gasteiger partial charge in [0.1, 0.15) is 23.5 Å². The van der Waals surface area contributed by atoms with E-state index in [1.807, 2.05) is 36.4 Å². The summed E-state index contributed by atoms with van der Waals surface area (Å²) in [4.78, 5) is 38.2. The number of aromatic nitrogens is 3. The van der Waals surface area contributed by atoms with Crippen LogP contribution in [0, 0.1) is 0 Å². The summed E-state index contributed by atoms with van der Waals surface area (Å²) in [5.74, 6) is 0.806. The predicted octanol–water partition coefficient (Wildman–Crippen LogP) is 1.89. The van der Waals surface area contributed by atoms with Gasteiger partial charge < -0.3 is 14.2 Å². The Hall–Kier alpha value is -3.68. The van der Waals surface area contributed by atoms with Gasteiger partial charge in [-0.3, -0.25) is 14.2 Å². The molecule has 0 aliphatic carbocycles. The number of para-hydroxylation sites is 1. The van der Waals surface area contributed by atoms with E-state index in [2.05, 4.69) is 14.9 Å². The van der Waals surface area contributed by atoms with Gasteiger partial charge >= 0.3 is 0 Å². The molecule has 0 spiro atoms. The van der Waals surface area contributed by atoms with Gasteiger partial charge in [-0.05, 0) is 24.3 Å². The van der Waals surface area contributed by atoms with Crippen LogP contribution in [0.15, 0.2) is 64.2 Å². The fourth-order valence-corrected chi connectivity index (χ4v) is 3.70. The van der Waals surface area contributed by atoms with E-state index in [9.17, 15) is 9.59 Å². The first-order chi connectivity index (χ1) is 14.2. The first-order valence-electron chi connectivity index (χ1n) is 9.51. The van der Waals surface area contributed by atoms with Gasteiger partial charge in [0.15, 0.2) is 0 Å². The lowest BCUT2D eigenvalue weighted by Gasteiger charge is -2.35. The number of nitrogens with zero attached hydrogens (tertiary/aromatic N) is 5. The molecule has 29 heavy (non-hydrogen) atoms. The highest BCUT2D eigenvalue weighted by atomic mass is 16.3. The third-order valence-corrected chi connectivity index (χ3v) is 5.26. The molecule has 1 aliphatic rings. The summed E-state index contributed by atoms with van der Waals surface area (Å²) in [6, 6.07) is 13.2. The van der Waals surface area contributed by atoms with Crippen molar-refractivity contribution < 1.29 is 9.21 Å². The van der Waals surface area contributed by atoms with Crippen molar-refractivity contribution in [1.29, 1.82) is 0 Å². The monoisotopic (exact) mass is 389 g/mol. The van der Waals surface area contributed by atoms with Crippen LogP contribution in [0.2, 0.25) is 0 Å². The molecule has 8 nitrogen and oxygen atoms in total. The first kappa shape index (κ1) is 17.4. The molecule has 4 aromatic rings. The van der Waals surface area contributed by atoms with E-state index in [0.717, 1.165) is 11.2 Å². The molecule has 146 valence electrons. The highest BCUT2D eigenvalue weighted by molar-refractivity contribution is 6.01. The van der Waals surface area contributed by atoms with Crippen LogP contribution in [0.5, 0.6) is 0 Å². The zero-order chi connectivity index (χ0) is 19.8. The summed E-state index contributed by atoms with van der Waals surface area (Å²) in [6.45, 7) is 2.54. The second kappa shape index (κ2) is 7.05.